The van der Waals surface area contributed by atoms with Gasteiger partial charge in [-0.15, -0.1) is 0 Å². The number of allylic oxidation sites excluding steroid dienone is 3. The first-order chi connectivity index (χ1) is 18.0. The summed E-state index contributed by atoms with van der Waals surface area (Å²) in [5.74, 6) is 2.45. The van der Waals surface area contributed by atoms with Crippen molar-refractivity contribution < 1.29 is 28.9 Å². The first-order valence-electron chi connectivity index (χ1n) is 12.8. The van der Waals surface area contributed by atoms with Gasteiger partial charge in [0.1, 0.15) is 43.3 Å². The lowest BCUT2D eigenvalue weighted by atomic mass is 9.96. The Kier molecular flexibility index (Phi) is 9.24. The van der Waals surface area contributed by atoms with Gasteiger partial charge in [0.05, 0.1) is 6.61 Å². The predicted molar refractivity (Wildman–Crippen MR) is 142 cm³/mol. The van der Waals surface area contributed by atoms with Crippen molar-refractivity contribution in [2.24, 2.45) is 17.0 Å². The highest BCUT2D eigenvalue weighted by molar-refractivity contribution is 6.03. The Balaban J connectivity index is 1.31. The van der Waals surface area contributed by atoms with Crippen LogP contribution >= 0.6 is 0 Å². The molecule has 2 aromatic carbocycles. The second kappa shape index (κ2) is 13.0. The molecular weight excluding hydrogens is 470 g/mol. The van der Waals surface area contributed by atoms with Gasteiger partial charge in [-0.25, -0.2) is 0 Å². The standard InChI is InChI=1S/C30H35NO6/c1-21-3-9-24(10-4-21)28(31-34-2)20-36-26-13-7-23(8-14-26)18-35-27-15-11-25(12-16-30(32)33)29(17-27)37-19-22-5-6-22/h3,7-11,13-15,17,21-22H,4-6,12,16,18-20H2,1-2H3,(H,32,33)/b31-28+. The summed E-state index contributed by atoms with van der Waals surface area (Å²) in [6, 6.07) is 13.4. The van der Waals surface area contributed by atoms with Gasteiger partial charge >= 0.3 is 5.97 Å². The van der Waals surface area contributed by atoms with Crippen molar-refractivity contribution in [2.75, 3.05) is 20.3 Å². The second-order valence-electron chi connectivity index (χ2n) is 9.59. The van der Waals surface area contributed by atoms with Crippen molar-refractivity contribution in [1.82, 2.24) is 0 Å². The molecule has 7 nitrogen and oxygen atoms in total. The third-order valence-electron chi connectivity index (χ3n) is 6.37. The third-order valence-corrected chi connectivity index (χ3v) is 6.37. The Morgan fingerprint density at radius 3 is 2.51 bits per heavy atom. The molecule has 1 fully saturated rings. The number of nitrogens with zero attached hydrogens (tertiary/aromatic N) is 1. The van der Waals surface area contributed by atoms with Gasteiger partial charge in [0.25, 0.3) is 0 Å². The zero-order valence-electron chi connectivity index (χ0n) is 21.5. The van der Waals surface area contributed by atoms with Crippen molar-refractivity contribution in [3.8, 4) is 17.2 Å². The van der Waals surface area contributed by atoms with E-state index in [1.165, 1.54) is 20.0 Å². The van der Waals surface area contributed by atoms with Gasteiger partial charge in [0, 0.05) is 12.5 Å². The fourth-order valence-corrected chi connectivity index (χ4v) is 3.91. The van der Waals surface area contributed by atoms with Crippen LogP contribution in [0.1, 0.15) is 43.7 Å². The van der Waals surface area contributed by atoms with E-state index in [0.717, 1.165) is 34.6 Å². The van der Waals surface area contributed by atoms with Gasteiger partial charge in [-0.1, -0.05) is 48.5 Å². The summed E-state index contributed by atoms with van der Waals surface area (Å²) < 4.78 is 18.0. The summed E-state index contributed by atoms with van der Waals surface area (Å²) >= 11 is 0. The van der Waals surface area contributed by atoms with Crippen LogP contribution in [0.3, 0.4) is 0 Å². The lowest BCUT2D eigenvalue weighted by Crippen LogP contribution is -2.15. The number of hydrogen-bond donors (Lipinski definition) is 1. The number of carbonyl (C=O) groups is 1. The molecule has 37 heavy (non-hydrogen) atoms. The van der Waals surface area contributed by atoms with E-state index in [1.54, 1.807) is 0 Å². The highest BCUT2D eigenvalue weighted by Crippen LogP contribution is 2.32. The van der Waals surface area contributed by atoms with E-state index < -0.39 is 5.97 Å². The SMILES string of the molecule is CO/N=C(\COc1ccc(COc2ccc(CCC(=O)O)c(OCC3CC3)c2)cc1)C1=CCC(C)C=C1. The summed E-state index contributed by atoms with van der Waals surface area (Å²) in [6.45, 7) is 3.54. The number of benzene rings is 2. The molecule has 0 spiro atoms. The summed E-state index contributed by atoms with van der Waals surface area (Å²) in [7, 11) is 1.54. The molecule has 0 bridgehead atoms. The number of carboxylic acids is 1. The molecule has 7 heteroatoms. The number of aryl methyl sites for hydroxylation is 1. The zero-order valence-corrected chi connectivity index (χ0v) is 21.5. The predicted octanol–water partition coefficient (Wildman–Crippen LogP) is 5.98. The number of ether oxygens (including phenoxy) is 3. The molecule has 1 saturated carbocycles. The lowest BCUT2D eigenvalue weighted by molar-refractivity contribution is -0.136. The van der Waals surface area contributed by atoms with E-state index in [0.29, 0.717) is 49.6 Å². The molecule has 0 aromatic heterocycles. The largest absolute Gasteiger partial charge is 0.493 e. The maximum absolute atomic E-state index is 11.0. The topological polar surface area (TPSA) is 86.6 Å². The van der Waals surface area contributed by atoms with Crippen LogP contribution in [0.15, 0.2) is 71.4 Å². The molecule has 2 aliphatic carbocycles. The van der Waals surface area contributed by atoms with Crippen LogP contribution in [-0.2, 0) is 22.7 Å². The molecular formula is C30H35NO6. The molecule has 0 radical (unpaired) electrons. The number of rotatable bonds is 14. The van der Waals surface area contributed by atoms with Crippen molar-refractivity contribution in [1.29, 1.82) is 0 Å². The van der Waals surface area contributed by atoms with Crippen molar-refractivity contribution in [3.05, 3.63) is 77.4 Å². The van der Waals surface area contributed by atoms with Gasteiger partial charge < -0.3 is 24.2 Å². The molecule has 1 N–H and O–H groups in total. The van der Waals surface area contributed by atoms with E-state index in [2.05, 4.69) is 30.3 Å². The lowest BCUT2D eigenvalue weighted by Gasteiger charge is -2.15. The van der Waals surface area contributed by atoms with E-state index in [9.17, 15) is 4.79 Å². The van der Waals surface area contributed by atoms with Crippen LogP contribution in [-0.4, -0.2) is 37.1 Å². The van der Waals surface area contributed by atoms with Gasteiger partial charge in [-0.3, -0.25) is 4.79 Å². The fraction of sp³-hybridized carbons (Fsp3) is 0.400. The van der Waals surface area contributed by atoms with Crippen LogP contribution in [0, 0.1) is 11.8 Å². The van der Waals surface area contributed by atoms with Gasteiger partial charge in [-0.05, 0) is 72.4 Å². The van der Waals surface area contributed by atoms with E-state index in [-0.39, 0.29) is 6.42 Å². The molecule has 1 unspecified atom stereocenters. The normalized spacial score (nSPS) is 17.2. The molecule has 1 atom stereocenters. The highest BCUT2D eigenvalue weighted by Gasteiger charge is 2.22. The monoisotopic (exact) mass is 505 g/mol. The molecule has 0 saturated heterocycles. The van der Waals surface area contributed by atoms with Crippen LogP contribution in [0.4, 0.5) is 0 Å². The second-order valence-corrected chi connectivity index (χ2v) is 9.59. The van der Waals surface area contributed by atoms with Gasteiger partial charge in [0.2, 0.25) is 0 Å². The summed E-state index contributed by atoms with van der Waals surface area (Å²) in [6.07, 6.45) is 10.2. The van der Waals surface area contributed by atoms with Crippen LogP contribution < -0.4 is 14.2 Å². The summed E-state index contributed by atoms with van der Waals surface area (Å²) in [5, 5.41) is 13.2. The molecule has 0 heterocycles. The first-order valence-corrected chi connectivity index (χ1v) is 12.8. The average Bonchev–Trinajstić information content (AvgIpc) is 3.74. The van der Waals surface area contributed by atoms with E-state index >= 15 is 0 Å². The number of hydrogen-bond acceptors (Lipinski definition) is 6. The summed E-state index contributed by atoms with van der Waals surface area (Å²) in [4.78, 5) is 16.0. The van der Waals surface area contributed by atoms with Gasteiger partial charge in [-0.2, -0.15) is 0 Å². The Bertz CT molecular complexity index is 1150. The Morgan fingerprint density at radius 1 is 1.05 bits per heavy atom. The fourth-order valence-electron chi connectivity index (χ4n) is 3.91. The quantitative estimate of drug-likeness (QED) is 0.251. The van der Waals surface area contributed by atoms with Crippen LogP contribution in [0.25, 0.3) is 0 Å². The van der Waals surface area contributed by atoms with Crippen molar-refractivity contribution in [2.45, 2.75) is 45.6 Å². The van der Waals surface area contributed by atoms with Crippen molar-refractivity contribution in [3.63, 3.8) is 0 Å². The minimum Gasteiger partial charge on any atom is -0.493 e. The molecule has 0 aliphatic heterocycles. The Labute approximate surface area is 218 Å². The summed E-state index contributed by atoms with van der Waals surface area (Å²) in [5.41, 5.74) is 3.67. The van der Waals surface area contributed by atoms with E-state index in [1.807, 2.05) is 42.5 Å². The first kappa shape index (κ1) is 26.3. The molecule has 196 valence electrons. The van der Waals surface area contributed by atoms with Crippen molar-refractivity contribution >= 4 is 11.7 Å². The molecule has 4 rings (SSSR count). The van der Waals surface area contributed by atoms with Crippen LogP contribution in [0.5, 0.6) is 17.2 Å². The molecule has 2 aliphatic rings. The minimum atomic E-state index is -0.819. The average molecular weight is 506 g/mol. The zero-order chi connectivity index (χ0) is 26.0. The van der Waals surface area contributed by atoms with Gasteiger partial charge in [0.15, 0.2) is 0 Å². The Morgan fingerprint density at radius 2 is 1.84 bits per heavy atom. The van der Waals surface area contributed by atoms with E-state index in [4.69, 9.17) is 24.2 Å². The maximum Gasteiger partial charge on any atom is 0.303 e. The number of carboxylic acid groups (broad SMARTS) is 1. The van der Waals surface area contributed by atoms with Crippen LogP contribution in [0.2, 0.25) is 0 Å². The third kappa shape index (κ3) is 8.41. The Hall–Kier alpha value is -3.74. The molecule has 0 amide bonds. The number of oxime groups is 1. The number of aliphatic carboxylic acids is 1. The maximum atomic E-state index is 11.0. The highest BCUT2D eigenvalue weighted by atomic mass is 16.6. The molecule has 2 aromatic rings. The smallest absolute Gasteiger partial charge is 0.303 e. The minimum absolute atomic E-state index is 0.0702.